The lowest BCUT2D eigenvalue weighted by Crippen LogP contribution is -2.54. The molecule has 1 saturated heterocycles. The minimum Gasteiger partial charge on any atom is -0.444 e. The molecule has 0 unspecified atom stereocenters. The molecule has 0 bridgehead atoms. The largest absolute Gasteiger partial charge is 0.444 e. The SMILES string of the molecule is CC[C@@H]1CN(Cc2coc(-c3cccs3)n2)CCN1C[C@H](C)O. The second-order valence-electron chi connectivity index (χ2n) is 6.26. The van der Waals surface area contributed by atoms with Gasteiger partial charge in [-0.05, 0) is 24.8 Å². The van der Waals surface area contributed by atoms with E-state index in [1.807, 2.05) is 24.4 Å². The van der Waals surface area contributed by atoms with E-state index in [2.05, 4.69) is 21.7 Å². The van der Waals surface area contributed by atoms with Gasteiger partial charge in [-0.1, -0.05) is 13.0 Å². The van der Waals surface area contributed by atoms with Crippen LogP contribution in [-0.2, 0) is 6.54 Å². The van der Waals surface area contributed by atoms with Gasteiger partial charge in [-0.3, -0.25) is 9.80 Å². The number of hydrogen-bond acceptors (Lipinski definition) is 6. The van der Waals surface area contributed by atoms with E-state index in [9.17, 15) is 5.11 Å². The average Bonchev–Trinajstić information content (AvgIpc) is 3.19. The predicted molar refractivity (Wildman–Crippen MR) is 92.4 cm³/mol. The Morgan fingerprint density at radius 1 is 1.48 bits per heavy atom. The van der Waals surface area contributed by atoms with Gasteiger partial charge in [0.2, 0.25) is 5.89 Å². The van der Waals surface area contributed by atoms with Gasteiger partial charge in [0.1, 0.15) is 6.26 Å². The molecule has 0 saturated carbocycles. The van der Waals surface area contributed by atoms with Crippen LogP contribution in [0.5, 0.6) is 0 Å². The first kappa shape index (κ1) is 16.6. The third kappa shape index (κ3) is 4.20. The van der Waals surface area contributed by atoms with Crippen LogP contribution >= 0.6 is 11.3 Å². The lowest BCUT2D eigenvalue weighted by Gasteiger charge is -2.41. The Balaban J connectivity index is 1.59. The molecule has 5 nitrogen and oxygen atoms in total. The van der Waals surface area contributed by atoms with Gasteiger partial charge in [0.25, 0.3) is 0 Å². The zero-order valence-electron chi connectivity index (χ0n) is 13.8. The Hall–Kier alpha value is -1.21. The minimum atomic E-state index is -0.264. The summed E-state index contributed by atoms with van der Waals surface area (Å²) in [6.07, 6.45) is 2.61. The zero-order chi connectivity index (χ0) is 16.2. The number of aliphatic hydroxyl groups excluding tert-OH is 1. The molecule has 2 aromatic rings. The summed E-state index contributed by atoms with van der Waals surface area (Å²) in [4.78, 5) is 10.5. The number of oxazole rings is 1. The van der Waals surface area contributed by atoms with Crippen LogP contribution in [0.15, 0.2) is 28.2 Å². The first-order valence-corrected chi connectivity index (χ1v) is 9.16. The molecule has 0 spiro atoms. The van der Waals surface area contributed by atoms with E-state index in [4.69, 9.17) is 4.42 Å². The number of aliphatic hydroxyl groups is 1. The molecule has 0 radical (unpaired) electrons. The highest BCUT2D eigenvalue weighted by Crippen LogP contribution is 2.24. The van der Waals surface area contributed by atoms with Crippen LogP contribution in [0.2, 0.25) is 0 Å². The molecule has 2 aromatic heterocycles. The molecule has 1 N–H and O–H groups in total. The molecule has 6 heteroatoms. The average molecular weight is 335 g/mol. The van der Waals surface area contributed by atoms with E-state index in [1.54, 1.807) is 17.6 Å². The summed E-state index contributed by atoms with van der Waals surface area (Å²) in [7, 11) is 0. The zero-order valence-corrected chi connectivity index (χ0v) is 14.6. The highest BCUT2D eigenvalue weighted by molar-refractivity contribution is 7.13. The summed E-state index contributed by atoms with van der Waals surface area (Å²) in [6, 6.07) is 4.54. The number of piperazine rings is 1. The van der Waals surface area contributed by atoms with E-state index in [-0.39, 0.29) is 6.10 Å². The number of aromatic nitrogens is 1. The molecule has 1 aliphatic heterocycles. The molecule has 1 aliphatic rings. The Bertz CT molecular complexity index is 597. The Labute approximate surface area is 141 Å². The van der Waals surface area contributed by atoms with Gasteiger partial charge < -0.3 is 9.52 Å². The number of β-amino-alcohol motifs (C(OH)–C–C–N with tert-alkyl or cyclic N) is 1. The van der Waals surface area contributed by atoms with E-state index in [1.165, 1.54) is 0 Å². The van der Waals surface area contributed by atoms with Crippen molar-refractivity contribution in [3.8, 4) is 10.8 Å². The van der Waals surface area contributed by atoms with Gasteiger partial charge in [-0.15, -0.1) is 11.3 Å². The van der Waals surface area contributed by atoms with Crippen molar-refractivity contribution in [1.82, 2.24) is 14.8 Å². The molecule has 23 heavy (non-hydrogen) atoms. The van der Waals surface area contributed by atoms with Gasteiger partial charge in [-0.25, -0.2) is 4.98 Å². The maximum atomic E-state index is 9.64. The lowest BCUT2D eigenvalue weighted by atomic mass is 10.1. The fourth-order valence-electron chi connectivity index (χ4n) is 3.19. The Morgan fingerprint density at radius 2 is 2.35 bits per heavy atom. The van der Waals surface area contributed by atoms with Crippen LogP contribution in [0.1, 0.15) is 26.0 Å². The van der Waals surface area contributed by atoms with Crippen molar-refractivity contribution in [2.75, 3.05) is 26.2 Å². The lowest BCUT2D eigenvalue weighted by molar-refractivity contribution is 0.0333. The van der Waals surface area contributed by atoms with Crippen molar-refractivity contribution in [3.05, 3.63) is 29.5 Å². The maximum Gasteiger partial charge on any atom is 0.236 e. The molecular weight excluding hydrogens is 310 g/mol. The number of thiophene rings is 1. The quantitative estimate of drug-likeness (QED) is 0.879. The Kier molecular flexibility index (Phi) is 5.48. The molecule has 1 fully saturated rings. The van der Waals surface area contributed by atoms with E-state index in [0.717, 1.165) is 55.6 Å². The fraction of sp³-hybridized carbons (Fsp3) is 0.588. The van der Waals surface area contributed by atoms with Crippen LogP contribution in [0.25, 0.3) is 10.8 Å². The van der Waals surface area contributed by atoms with Crippen LogP contribution < -0.4 is 0 Å². The molecule has 0 amide bonds. The summed E-state index contributed by atoms with van der Waals surface area (Å²) in [6.45, 7) is 8.69. The third-order valence-electron chi connectivity index (χ3n) is 4.33. The minimum absolute atomic E-state index is 0.264. The highest BCUT2D eigenvalue weighted by Gasteiger charge is 2.26. The molecule has 126 valence electrons. The van der Waals surface area contributed by atoms with Crippen LogP contribution in [-0.4, -0.2) is 58.2 Å². The fourth-order valence-corrected chi connectivity index (χ4v) is 3.85. The van der Waals surface area contributed by atoms with Crippen LogP contribution in [0.3, 0.4) is 0 Å². The van der Waals surface area contributed by atoms with Crippen molar-refractivity contribution in [2.45, 2.75) is 39.0 Å². The molecule has 0 aromatic carbocycles. The molecule has 3 heterocycles. The summed E-state index contributed by atoms with van der Waals surface area (Å²) >= 11 is 1.65. The van der Waals surface area contributed by atoms with Gasteiger partial charge in [0.05, 0.1) is 16.7 Å². The third-order valence-corrected chi connectivity index (χ3v) is 5.19. The number of rotatable bonds is 6. The monoisotopic (exact) mass is 335 g/mol. The van der Waals surface area contributed by atoms with Gasteiger partial charge in [0.15, 0.2) is 0 Å². The summed E-state index contributed by atoms with van der Waals surface area (Å²) in [5.74, 6) is 0.717. The van der Waals surface area contributed by atoms with Gasteiger partial charge in [0, 0.05) is 38.8 Å². The summed E-state index contributed by atoms with van der Waals surface area (Å²) in [5.41, 5.74) is 0.993. The van der Waals surface area contributed by atoms with Crippen molar-refractivity contribution >= 4 is 11.3 Å². The summed E-state index contributed by atoms with van der Waals surface area (Å²) in [5, 5.41) is 11.7. The number of hydrogen-bond donors (Lipinski definition) is 1. The molecule has 2 atom stereocenters. The van der Waals surface area contributed by atoms with E-state index in [0.29, 0.717) is 6.04 Å². The normalized spacial score (nSPS) is 21.6. The van der Waals surface area contributed by atoms with Crippen molar-refractivity contribution in [3.63, 3.8) is 0 Å². The van der Waals surface area contributed by atoms with Gasteiger partial charge in [-0.2, -0.15) is 0 Å². The van der Waals surface area contributed by atoms with E-state index >= 15 is 0 Å². The highest BCUT2D eigenvalue weighted by atomic mass is 32.1. The van der Waals surface area contributed by atoms with E-state index < -0.39 is 0 Å². The topological polar surface area (TPSA) is 52.7 Å². The first-order valence-electron chi connectivity index (χ1n) is 8.28. The molecule has 0 aliphatic carbocycles. The second kappa shape index (κ2) is 7.57. The van der Waals surface area contributed by atoms with Crippen molar-refractivity contribution in [1.29, 1.82) is 0 Å². The molecular formula is C17H25N3O2S. The standard InChI is InChI=1S/C17H25N3O2S/c1-3-15-11-19(6-7-20(15)9-13(2)21)10-14-12-22-17(18-14)16-5-4-8-23-16/h4-5,8,12-13,15,21H,3,6-7,9-11H2,1-2H3/t13-,15+/m0/s1. The number of nitrogens with zero attached hydrogens (tertiary/aromatic N) is 3. The van der Waals surface area contributed by atoms with Crippen molar-refractivity contribution in [2.24, 2.45) is 0 Å². The predicted octanol–water partition coefficient (Wildman–Crippen LogP) is 2.68. The maximum absolute atomic E-state index is 9.64. The van der Waals surface area contributed by atoms with Crippen LogP contribution in [0.4, 0.5) is 0 Å². The van der Waals surface area contributed by atoms with Crippen LogP contribution in [0, 0.1) is 0 Å². The first-order chi connectivity index (χ1) is 11.2. The van der Waals surface area contributed by atoms with Gasteiger partial charge >= 0.3 is 0 Å². The Morgan fingerprint density at radius 3 is 3.04 bits per heavy atom. The second-order valence-corrected chi connectivity index (χ2v) is 7.21. The molecule has 3 rings (SSSR count). The van der Waals surface area contributed by atoms with Crippen molar-refractivity contribution < 1.29 is 9.52 Å². The smallest absolute Gasteiger partial charge is 0.236 e. The summed E-state index contributed by atoms with van der Waals surface area (Å²) < 4.78 is 5.61.